The van der Waals surface area contributed by atoms with Crippen molar-refractivity contribution in [2.24, 2.45) is 38.7 Å². The Morgan fingerprint density at radius 1 is 0.632 bits per heavy atom. The molecule has 9 atom stereocenters. The number of benzene rings is 2. The third-order valence-corrected chi connectivity index (χ3v) is 18.9. The van der Waals surface area contributed by atoms with Crippen molar-refractivity contribution in [3.8, 4) is 0 Å². The lowest BCUT2D eigenvalue weighted by Crippen LogP contribution is -2.67. The Kier molecular flexibility index (Phi) is 8.88. The molecule has 308 valence electrons. The third-order valence-electron chi connectivity index (χ3n) is 18.9. The fraction of sp³-hybridized carbons (Fsp3) is 0.725. The monoisotopic (exact) mass is 773 g/mol. The van der Waals surface area contributed by atoms with Crippen LogP contribution in [0.1, 0.15) is 166 Å². The summed E-state index contributed by atoms with van der Waals surface area (Å²) in [6.07, 6.45) is 20.6. The summed E-state index contributed by atoms with van der Waals surface area (Å²) < 4.78 is 0. The second kappa shape index (κ2) is 13.1. The minimum Gasteiger partial charge on any atom is -0.353 e. The van der Waals surface area contributed by atoms with Gasteiger partial charge in [-0.15, -0.1) is 0 Å². The lowest BCUT2D eigenvalue weighted by molar-refractivity contribution is -0.170. The molecule has 10 fully saturated rings. The van der Waals surface area contributed by atoms with Gasteiger partial charge in [0.1, 0.15) is 0 Å². The lowest BCUT2D eigenvalue weighted by Gasteiger charge is -2.70. The normalized spacial score (nSPS) is 45.1. The Balaban J connectivity index is 0.996. The minimum atomic E-state index is -0.366. The highest BCUT2D eigenvalue weighted by atomic mass is 16.2. The van der Waals surface area contributed by atoms with Gasteiger partial charge in [0.25, 0.3) is 0 Å². The van der Waals surface area contributed by atoms with E-state index in [-0.39, 0.29) is 61.4 Å². The highest BCUT2D eigenvalue weighted by Crippen LogP contribution is 2.76. The summed E-state index contributed by atoms with van der Waals surface area (Å²) in [5, 5.41) is 11.0. The van der Waals surface area contributed by atoms with Crippen LogP contribution in [0.2, 0.25) is 0 Å². The molecule has 1 saturated heterocycles. The summed E-state index contributed by atoms with van der Waals surface area (Å²) in [6, 6.07) is 22.2. The molecule has 8 bridgehead atoms. The van der Waals surface area contributed by atoms with Gasteiger partial charge in [0, 0.05) is 24.7 Å². The van der Waals surface area contributed by atoms with Crippen molar-refractivity contribution in [2.75, 3.05) is 13.1 Å². The predicted molar refractivity (Wildman–Crippen MR) is 229 cm³/mol. The summed E-state index contributed by atoms with van der Waals surface area (Å²) >= 11 is 0. The highest BCUT2D eigenvalue weighted by molar-refractivity contribution is 5.85. The number of hydrogen-bond donors (Lipinski definition) is 4. The first kappa shape index (κ1) is 38.5. The first-order chi connectivity index (χ1) is 27.2. The number of carbonyl (C=O) groups is 2. The molecular weight excluding hydrogens is 701 g/mol. The SMILES string of the molecule is CC[C@]12CC3CC(C(=O)NC4CCNCC4(C)C)(C1)C[C@@](c1ccc(C45CC6(C(=O)N[C@H]7CC[C@@H](N)CC7)C[C@](CC)(C4)C[C@@](c4ccccc4)(C6)C5)cc1)(C3)C2. The standard InChI is InChI=1S/C51H72N4O2/c1-5-45-22-35-23-47(25-45,30-48(24-35,26-45)42(56)55-41-20-21-53-34-44(41,3)4)37-12-14-38(15-13-37)50-28-46(6-2)27-49(31-50,36-10-8-7-9-11-36)32-51(29-46,33-50)43(57)54-40-18-16-39(52)17-19-40/h7-15,35,39-41,53H,5-6,16-34,52H2,1-4H3,(H,54,57)(H,55,56)/t35?,39-,40+,41?,45-,46+,47-,48?,49+,50?,51?/m1/s1. The zero-order chi connectivity index (χ0) is 39.5. The van der Waals surface area contributed by atoms with E-state index in [4.69, 9.17) is 5.73 Å². The molecule has 1 heterocycles. The van der Waals surface area contributed by atoms with Crippen LogP contribution >= 0.6 is 0 Å². The van der Waals surface area contributed by atoms with Gasteiger partial charge in [-0.3, -0.25) is 9.59 Å². The second-order valence-electron chi connectivity index (χ2n) is 23.2. The molecule has 9 saturated carbocycles. The van der Waals surface area contributed by atoms with E-state index in [2.05, 4.69) is 98.2 Å². The van der Waals surface area contributed by atoms with Gasteiger partial charge in [-0.1, -0.05) is 95.1 Å². The molecule has 0 spiro atoms. The predicted octanol–water partition coefficient (Wildman–Crippen LogP) is 9.14. The van der Waals surface area contributed by atoms with E-state index >= 15 is 0 Å². The summed E-state index contributed by atoms with van der Waals surface area (Å²) in [4.78, 5) is 29.8. The molecule has 1 aliphatic heterocycles. The van der Waals surface area contributed by atoms with Gasteiger partial charge in [-0.25, -0.2) is 0 Å². The van der Waals surface area contributed by atoms with Crippen LogP contribution in [0.25, 0.3) is 0 Å². The van der Waals surface area contributed by atoms with Gasteiger partial charge < -0.3 is 21.7 Å². The van der Waals surface area contributed by atoms with Gasteiger partial charge in [-0.2, -0.15) is 0 Å². The molecule has 12 rings (SSSR count). The molecule has 2 aromatic carbocycles. The van der Waals surface area contributed by atoms with Crippen LogP contribution in [0.15, 0.2) is 54.6 Å². The van der Waals surface area contributed by atoms with E-state index in [9.17, 15) is 9.59 Å². The van der Waals surface area contributed by atoms with E-state index in [1.807, 2.05) is 0 Å². The van der Waals surface area contributed by atoms with Gasteiger partial charge >= 0.3 is 0 Å². The van der Waals surface area contributed by atoms with E-state index < -0.39 is 0 Å². The fourth-order valence-electron chi connectivity index (χ4n) is 17.0. The maximum absolute atomic E-state index is 15.0. The zero-order valence-electron chi connectivity index (χ0n) is 35.7. The van der Waals surface area contributed by atoms with E-state index in [1.54, 1.807) is 0 Å². The van der Waals surface area contributed by atoms with Crippen LogP contribution in [0, 0.1) is 33.0 Å². The largest absolute Gasteiger partial charge is 0.353 e. The number of nitrogens with one attached hydrogen (secondary N) is 3. The van der Waals surface area contributed by atoms with Crippen molar-refractivity contribution >= 4 is 11.8 Å². The van der Waals surface area contributed by atoms with Crippen molar-refractivity contribution < 1.29 is 9.59 Å². The van der Waals surface area contributed by atoms with Crippen molar-refractivity contribution in [1.29, 1.82) is 0 Å². The average molecular weight is 773 g/mol. The molecular formula is C51H72N4O2. The number of rotatable bonds is 9. The number of hydrogen-bond acceptors (Lipinski definition) is 4. The third kappa shape index (κ3) is 6.05. The lowest BCUT2D eigenvalue weighted by atomic mass is 9.33. The van der Waals surface area contributed by atoms with E-state index in [0.29, 0.717) is 17.7 Å². The maximum atomic E-state index is 15.0. The molecule has 6 heteroatoms. The summed E-state index contributed by atoms with van der Waals surface area (Å²) in [7, 11) is 0. The Hall–Kier alpha value is -2.70. The van der Waals surface area contributed by atoms with Crippen molar-refractivity contribution in [2.45, 2.75) is 184 Å². The number of carbonyl (C=O) groups excluding carboxylic acids is 2. The summed E-state index contributed by atoms with van der Waals surface area (Å²) in [6.45, 7) is 11.4. The summed E-state index contributed by atoms with van der Waals surface area (Å²) in [5.74, 6) is 1.30. The van der Waals surface area contributed by atoms with Gasteiger partial charge in [0.05, 0.1) is 10.8 Å². The molecule has 9 aliphatic carbocycles. The van der Waals surface area contributed by atoms with Gasteiger partial charge in [0.15, 0.2) is 0 Å². The fourth-order valence-corrected chi connectivity index (χ4v) is 17.0. The zero-order valence-corrected chi connectivity index (χ0v) is 35.7. The molecule has 2 amide bonds. The average Bonchev–Trinajstić information content (AvgIpc) is 3.19. The molecule has 57 heavy (non-hydrogen) atoms. The summed E-state index contributed by atoms with van der Waals surface area (Å²) in [5.41, 5.74) is 10.5. The van der Waals surface area contributed by atoms with Crippen LogP contribution in [-0.2, 0) is 25.8 Å². The van der Waals surface area contributed by atoms with E-state index in [1.165, 1.54) is 55.2 Å². The van der Waals surface area contributed by atoms with Crippen LogP contribution in [-0.4, -0.2) is 43.0 Å². The highest BCUT2D eigenvalue weighted by Gasteiger charge is 2.71. The van der Waals surface area contributed by atoms with Crippen molar-refractivity contribution in [1.82, 2.24) is 16.0 Å². The minimum absolute atomic E-state index is 0.00686. The smallest absolute Gasteiger partial charge is 0.226 e. The Bertz CT molecular complexity index is 1890. The first-order valence-corrected chi connectivity index (χ1v) is 23.5. The molecule has 10 aliphatic rings. The Labute approximate surface area is 343 Å². The topological polar surface area (TPSA) is 96.2 Å². The first-order valence-electron chi connectivity index (χ1n) is 23.5. The van der Waals surface area contributed by atoms with Crippen LogP contribution in [0.4, 0.5) is 0 Å². The maximum Gasteiger partial charge on any atom is 0.226 e. The van der Waals surface area contributed by atoms with Gasteiger partial charge in [0.2, 0.25) is 11.8 Å². The van der Waals surface area contributed by atoms with Gasteiger partial charge in [-0.05, 0) is 171 Å². The quantitative estimate of drug-likeness (QED) is 0.205. The number of nitrogens with two attached hydrogens (primary N) is 1. The van der Waals surface area contributed by atoms with Crippen LogP contribution in [0.5, 0.6) is 0 Å². The second-order valence-corrected chi connectivity index (χ2v) is 23.2. The Morgan fingerprint density at radius 3 is 1.86 bits per heavy atom. The molecule has 5 unspecified atom stereocenters. The van der Waals surface area contributed by atoms with Crippen molar-refractivity contribution in [3.63, 3.8) is 0 Å². The van der Waals surface area contributed by atoms with E-state index in [0.717, 1.165) is 96.6 Å². The molecule has 5 N–H and O–H groups in total. The van der Waals surface area contributed by atoms with Crippen LogP contribution in [0.3, 0.4) is 0 Å². The molecule has 2 aromatic rings. The number of piperidine rings is 1. The number of amides is 2. The molecule has 6 nitrogen and oxygen atoms in total. The molecule has 0 radical (unpaired) electrons. The molecule has 0 aromatic heterocycles. The van der Waals surface area contributed by atoms with Crippen molar-refractivity contribution in [3.05, 3.63) is 71.3 Å². The Morgan fingerprint density at radius 2 is 1.21 bits per heavy atom. The van der Waals surface area contributed by atoms with Crippen LogP contribution < -0.4 is 21.7 Å².